The van der Waals surface area contributed by atoms with Crippen LogP contribution in [-0.4, -0.2) is 73.3 Å². The summed E-state index contributed by atoms with van der Waals surface area (Å²) in [6, 6.07) is 15.2. The lowest BCUT2D eigenvalue weighted by atomic mass is 10.1. The number of hydrogen-bond acceptors (Lipinski definition) is 6. The minimum Gasteiger partial charge on any atom is -0.491 e. The molecule has 0 aromatic heterocycles. The van der Waals surface area contributed by atoms with E-state index in [1.54, 1.807) is 26.0 Å². The molecule has 1 atom stereocenters. The smallest absolute Gasteiger partial charge is 0.163 e. The van der Waals surface area contributed by atoms with E-state index in [2.05, 4.69) is 16.7 Å². The van der Waals surface area contributed by atoms with Crippen molar-refractivity contribution in [3.05, 3.63) is 59.7 Å². The van der Waals surface area contributed by atoms with Crippen LogP contribution in [0.2, 0.25) is 0 Å². The number of para-hydroxylation sites is 2. The molecule has 1 heterocycles. The highest BCUT2D eigenvalue weighted by molar-refractivity contribution is 5.97. The molecule has 0 saturated carbocycles. The predicted octanol–water partition coefficient (Wildman–Crippen LogP) is 3.56. The summed E-state index contributed by atoms with van der Waals surface area (Å²) in [6.45, 7) is 11.0. The van der Waals surface area contributed by atoms with Crippen LogP contribution in [-0.2, 0) is 0 Å². The number of Topliss-reactive ketones (excluding diaryl/α,β-unsaturated/α-hetero) is 2. The van der Waals surface area contributed by atoms with Crippen molar-refractivity contribution in [2.24, 2.45) is 0 Å². The molecule has 0 bridgehead atoms. The van der Waals surface area contributed by atoms with E-state index < -0.39 is 0 Å². The first-order valence-electron chi connectivity index (χ1n) is 10.9. The van der Waals surface area contributed by atoms with E-state index in [-0.39, 0.29) is 11.6 Å². The van der Waals surface area contributed by atoms with E-state index in [0.29, 0.717) is 41.9 Å². The Kier molecular flexibility index (Phi) is 8.20. The molecule has 0 amide bonds. The molecule has 1 unspecified atom stereocenters. The third-order valence-corrected chi connectivity index (χ3v) is 5.68. The molecule has 6 nitrogen and oxygen atoms in total. The molecule has 1 aliphatic heterocycles. The second kappa shape index (κ2) is 11.1. The Balaban J connectivity index is 1.41. The molecule has 0 spiro atoms. The van der Waals surface area contributed by atoms with Crippen molar-refractivity contribution in [3.63, 3.8) is 0 Å². The Labute approximate surface area is 184 Å². The Morgan fingerprint density at radius 3 is 1.87 bits per heavy atom. The van der Waals surface area contributed by atoms with Gasteiger partial charge in [-0.15, -0.1) is 0 Å². The number of nitrogens with zero attached hydrogens (tertiary/aromatic N) is 2. The van der Waals surface area contributed by atoms with E-state index in [9.17, 15) is 9.59 Å². The number of ketones is 2. The van der Waals surface area contributed by atoms with Gasteiger partial charge in [-0.25, -0.2) is 0 Å². The van der Waals surface area contributed by atoms with Crippen molar-refractivity contribution in [2.75, 3.05) is 45.9 Å². The number of benzene rings is 2. The second-order valence-electron chi connectivity index (χ2n) is 7.99. The highest BCUT2D eigenvalue weighted by atomic mass is 16.5. The van der Waals surface area contributed by atoms with Crippen molar-refractivity contribution < 1.29 is 19.1 Å². The highest BCUT2D eigenvalue weighted by Crippen LogP contribution is 2.20. The van der Waals surface area contributed by atoms with Gasteiger partial charge in [0.25, 0.3) is 0 Å². The van der Waals surface area contributed by atoms with Gasteiger partial charge in [0, 0.05) is 38.8 Å². The minimum atomic E-state index is 0.0192. The third-order valence-electron chi connectivity index (χ3n) is 5.68. The van der Waals surface area contributed by atoms with Crippen molar-refractivity contribution in [2.45, 2.75) is 26.8 Å². The zero-order valence-corrected chi connectivity index (χ0v) is 18.7. The number of rotatable bonds is 10. The molecule has 1 saturated heterocycles. The van der Waals surface area contributed by atoms with Crippen LogP contribution in [0.4, 0.5) is 0 Å². The summed E-state index contributed by atoms with van der Waals surface area (Å²) in [6.07, 6.45) is 0. The van der Waals surface area contributed by atoms with E-state index in [4.69, 9.17) is 9.47 Å². The van der Waals surface area contributed by atoms with Gasteiger partial charge >= 0.3 is 0 Å². The molecule has 166 valence electrons. The van der Waals surface area contributed by atoms with Gasteiger partial charge in [0.05, 0.1) is 11.1 Å². The van der Waals surface area contributed by atoms with Crippen LogP contribution >= 0.6 is 0 Å². The summed E-state index contributed by atoms with van der Waals surface area (Å²) in [5.41, 5.74) is 1.26. The largest absolute Gasteiger partial charge is 0.491 e. The zero-order valence-electron chi connectivity index (χ0n) is 18.7. The Morgan fingerprint density at radius 1 is 0.839 bits per heavy atom. The first kappa shape index (κ1) is 23.0. The maximum absolute atomic E-state index is 11.7. The van der Waals surface area contributed by atoms with E-state index in [1.807, 2.05) is 36.4 Å². The fourth-order valence-corrected chi connectivity index (χ4v) is 3.93. The van der Waals surface area contributed by atoms with E-state index in [0.717, 1.165) is 32.7 Å². The molecule has 1 aliphatic rings. The molecule has 31 heavy (non-hydrogen) atoms. The molecule has 2 aromatic carbocycles. The summed E-state index contributed by atoms with van der Waals surface area (Å²) < 4.78 is 11.8. The maximum atomic E-state index is 11.7. The number of piperazine rings is 1. The summed E-state index contributed by atoms with van der Waals surface area (Å²) in [4.78, 5) is 28.2. The molecule has 1 fully saturated rings. The summed E-state index contributed by atoms with van der Waals surface area (Å²) in [5.74, 6) is 1.35. The SMILES string of the molecule is CC(=O)c1ccccc1OCCN1CCN(CCOc2ccccc2C(C)=O)C(C)C1. The van der Waals surface area contributed by atoms with Gasteiger partial charge in [-0.3, -0.25) is 19.4 Å². The molecular weight excluding hydrogens is 392 g/mol. The van der Waals surface area contributed by atoms with Gasteiger partial charge in [-0.1, -0.05) is 24.3 Å². The van der Waals surface area contributed by atoms with Crippen LogP contribution in [0.3, 0.4) is 0 Å². The molecule has 0 N–H and O–H groups in total. The Morgan fingerprint density at radius 2 is 1.35 bits per heavy atom. The number of carbonyl (C=O) groups excluding carboxylic acids is 2. The average Bonchev–Trinajstić information content (AvgIpc) is 2.75. The van der Waals surface area contributed by atoms with Crippen LogP contribution in [0.15, 0.2) is 48.5 Å². The quantitative estimate of drug-likeness (QED) is 0.544. The van der Waals surface area contributed by atoms with Crippen LogP contribution in [0.1, 0.15) is 41.5 Å². The molecule has 0 aliphatic carbocycles. The van der Waals surface area contributed by atoms with Crippen LogP contribution < -0.4 is 9.47 Å². The van der Waals surface area contributed by atoms with Crippen LogP contribution in [0.25, 0.3) is 0 Å². The third kappa shape index (κ3) is 6.39. The molecular formula is C25H32N2O4. The maximum Gasteiger partial charge on any atom is 0.163 e. The molecule has 6 heteroatoms. The predicted molar refractivity (Wildman–Crippen MR) is 121 cm³/mol. The fraction of sp³-hybridized carbons (Fsp3) is 0.440. The first-order chi connectivity index (χ1) is 15.0. The highest BCUT2D eigenvalue weighted by Gasteiger charge is 2.23. The Hall–Kier alpha value is -2.70. The topological polar surface area (TPSA) is 59.1 Å². The number of hydrogen-bond donors (Lipinski definition) is 0. The molecule has 3 rings (SSSR count). The van der Waals surface area contributed by atoms with Gasteiger partial charge in [-0.05, 0) is 45.0 Å². The zero-order chi connectivity index (χ0) is 22.2. The van der Waals surface area contributed by atoms with Crippen LogP contribution in [0, 0.1) is 0 Å². The normalized spacial score (nSPS) is 17.3. The number of ether oxygens (including phenoxy) is 2. The van der Waals surface area contributed by atoms with Gasteiger partial charge in [-0.2, -0.15) is 0 Å². The monoisotopic (exact) mass is 424 g/mol. The average molecular weight is 425 g/mol. The minimum absolute atomic E-state index is 0.0192. The standard InChI is InChI=1S/C25H32N2O4/c1-19-18-26(14-16-30-24-10-6-4-8-22(24)20(2)28)12-13-27(19)15-17-31-25-11-7-5-9-23(25)21(3)29/h4-11,19H,12-18H2,1-3H3. The summed E-state index contributed by atoms with van der Waals surface area (Å²) in [5, 5.41) is 0. The van der Waals surface area contributed by atoms with Crippen molar-refractivity contribution in [3.8, 4) is 11.5 Å². The van der Waals surface area contributed by atoms with Gasteiger partial charge in [0.2, 0.25) is 0 Å². The lowest BCUT2D eigenvalue weighted by molar-refractivity contribution is 0.0638. The first-order valence-corrected chi connectivity index (χ1v) is 10.9. The molecule has 2 aromatic rings. The molecule has 0 radical (unpaired) electrons. The van der Waals surface area contributed by atoms with Gasteiger partial charge in [0.15, 0.2) is 11.6 Å². The summed E-state index contributed by atoms with van der Waals surface area (Å²) >= 11 is 0. The number of carbonyl (C=O) groups is 2. The van der Waals surface area contributed by atoms with E-state index in [1.165, 1.54) is 0 Å². The van der Waals surface area contributed by atoms with Crippen LogP contribution in [0.5, 0.6) is 11.5 Å². The Bertz CT molecular complexity index is 899. The fourth-order valence-electron chi connectivity index (χ4n) is 3.93. The lowest BCUT2D eigenvalue weighted by Crippen LogP contribution is -2.53. The van der Waals surface area contributed by atoms with Crippen molar-refractivity contribution >= 4 is 11.6 Å². The van der Waals surface area contributed by atoms with Crippen molar-refractivity contribution in [1.29, 1.82) is 0 Å². The van der Waals surface area contributed by atoms with Gasteiger partial charge < -0.3 is 9.47 Å². The van der Waals surface area contributed by atoms with Crippen molar-refractivity contribution in [1.82, 2.24) is 9.80 Å². The summed E-state index contributed by atoms with van der Waals surface area (Å²) in [7, 11) is 0. The lowest BCUT2D eigenvalue weighted by Gasteiger charge is -2.39. The van der Waals surface area contributed by atoms with E-state index >= 15 is 0 Å². The second-order valence-corrected chi connectivity index (χ2v) is 7.99. The van der Waals surface area contributed by atoms with Gasteiger partial charge in [0.1, 0.15) is 24.7 Å².